The van der Waals surface area contributed by atoms with E-state index in [1.807, 2.05) is 0 Å². The molecule has 9 heteroatoms. The standard InChI is InChI=1S/C15H20N2O6S/c1-9-7-17(8-12(9)15(19)20)24(21,22)14-6-11(16-10(2)18)4-5-13(14)23-3/h4-6,9,12H,7-8H2,1-3H3,(H,16,18)(H,19,20)/t9-,12-/m1/s1. The van der Waals surface area contributed by atoms with Crippen LogP contribution in [0.3, 0.4) is 0 Å². The van der Waals surface area contributed by atoms with Crippen molar-refractivity contribution in [3.8, 4) is 5.75 Å². The zero-order chi connectivity index (χ0) is 18.1. The fraction of sp³-hybridized carbons (Fsp3) is 0.467. The summed E-state index contributed by atoms with van der Waals surface area (Å²) < 4.78 is 32.1. The van der Waals surface area contributed by atoms with Crippen molar-refractivity contribution < 1.29 is 27.9 Å². The monoisotopic (exact) mass is 356 g/mol. The van der Waals surface area contributed by atoms with Gasteiger partial charge in [0.25, 0.3) is 0 Å². The van der Waals surface area contributed by atoms with Crippen LogP contribution in [0, 0.1) is 11.8 Å². The number of ether oxygens (including phenoxy) is 1. The predicted molar refractivity (Wildman–Crippen MR) is 86.3 cm³/mol. The Morgan fingerprint density at radius 1 is 1.33 bits per heavy atom. The second-order valence-corrected chi connectivity index (χ2v) is 7.70. The molecular formula is C15H20N2O6S. The normalized spacial score (nSPS) is 21.5. The summed E-state index contributed by atoms with van der Waals surface area (Å²) >= 11 is 0. The van der Waals surface area contributed by atoms with Gasteiger partial charge in [-0.3, -0.25) is 9.59 Å². The lowest BCUT2D eigenvalue weighted by atomic mass is 9.99. The summed E-state index contributed by atoms with van der Waals surface area (Å²) in [5, 5.41) is 11.7. The van der Waals surface area contributed by atoms with E-state index < -0.39 is 21.9 Å². The van der Waals surface area contributed by atoms with Gasteiger partial charge >= 0.3 is 5.97 Å². The van der Waals surface area contributed by atoms with E-state index in [0.29, 0.717) is 5.69 Å². The molecule has 1 aromatic carbocycles. The van der Waals surface area contributed by atoms with Crippen molar-refractivity contribution in [3.63, 3.8) is 0 Å². The first-order chi connectivity index (χ1) is 11.2. The molecule has 1 heterocycles. The zero-order valence-corrected chi connectivity index (χ0v) is 14.5. The second-order valence-electron chi connectivity index (χ2n) is 5.79. The van der Waals surface area contributed by atoms with E-state index in [-0.39, 0.29) is 35.6 Å². The summed E-state index contributed by atoms with van der Waals surface area (Å²) in [5.41, 5.74) is 0.323. The number of carbonyl (C=O) groups excluding carboxylic acids is 1. The topological polar surface area (TPSA) is 113 Å². The van der Waals surface area contributed by atoms with E-state index in [4.69, 9.17) is 4.74 Å². The van der Waals surface area contributed by atoms with E-state index in [0.717, 1.165) is 4.31 Å². The largest absolute Gasteiger partial charge is 0.495 e. The number of hydrogen-bond acceptors (Lipinski definition) is 5. The first kappa shape index (κ1) is 18.2. The maximum atomic E-state index is 12.9. The van der Waals surface area contributed by atoms with E-state index in [1.165, 1.54) is 32.2 Å². The molecular weight excluding hydrogens is 336 g/mol. The Bertz CT molecular complexity index is 761. The molecule has 24 heavy (non-hydrogen) atoms. The van der Waals surface area contributed by atoms with Crippen molar-refractivity contribution in [1.82, 2.24) is 4.31 Å². The van der Waals surface area contributed by atoms with Crippen molar-refractivity contribution in [2.75, 3.05) is 25.5 Å². The lowest BCUT2D eigenvalue weighted by Crippen LogP contribution is -2.30. The molecule has 1 aliphatic heterocycles. The number of sulfonamides is 1. The van der Waals surface area contributed by atoms with Crippen molar-refractivity contribution in [1.29, 1.82) is 0 Å². The highest BCUT2D eigenvalue weighted by Gasteiger charge is 2.41. The average molecular weight is 356 g/mol. The van der Waals surface area contributed by atoms with Gasteiger partial charge in [-0.2, -0.15) is 4.31 Å². The molecule has 2 rings (SSSR count). The number of nitrogens with one attached hydrogen (secondary N) is 1. The Labute approximate surface area is 140 Å². The number of amides is 1. The molecule has 1 saturated heterocycles. The van der Waals surface area contributed by atoms with Crippen LogP contribution in [-0.2, 0) is 19.6 Å². The van der Waals surface area contributed by atoms with Gasteiger partial charge in [-0.05, 0) is 24.1 Å². The molecule has 1 fully saturated rings. The van der Waals surface area contributed by atoms with Crippen LogP contribution in [0.1, 0.15) is 13.8 Å². The fourth-order valence-electron chi connectivity index (χ4n) is 2.74. The van der Waals surface area contributed by atoms with E-state index in [2.05, 4.69) is 5.32 Å². The molecule has 2 N–H and O–H groups in total. The minimum Gasteiger partial charge on any atom is -0.495 e. The Kier molecular flexibility index (Phi) is 5.14. The number of anilines is 1. The molecule has 1 aromatic rings. The number of carboxylic acid groups (broad SMARTS) is 1. The van der Waals surface area contributed by atoms with Crippen LogP contribution in [-0.4, -0.2) is 49.9 Å². The average Bonchev–Trinajstić information content (AvgIpc) is 2.89. The van der Waals surface area contributed by atoms with Crippen LogP contribution in [0.15, 0.2) is 23.1 Å². The minimum atomic E-state index is -3.95. The van der Waals surface area contributed by atoms with Gasteiger partial charge in [0.05, 0.1) is 13.0 Å². The second kappa shape index (κ2) is 6.78. The molecule has 0 spiro atoms. The number of carbonyl (C=O) groups is 2. The number of benzene rings is 1. The van der Waals surface area contributed by atoms with E-state index >= 15 is 0 Å². The van der Waals surface area contributed by atoms with Crippen molar-refractivity contribution in [2.24, 2.45) is 11.8 Å². The van der Waals surface area contributed by atoms with Crippen molar-refractivity contribution >= 4 is 27.6 Å². The van der Waals surface area contributed by atoms with Gasteiger partial charge in [0, 0.05) is 25.7 Å². The molecule has 0 radical (unpaired) electrons. The molecule has 132 valence electrons. The zero-order valence-electron chi connectivity index (χ0n) is 13.6. The van der Waals surface area contributed by atoms with Crippen LogP contribution in [0.4, 0.5) is 5.69 Å². The van der Waals surface area contributed by atoms with Gasteiger partial charge in [0.15, 0.2) is 0 Å². The first-order valence-electron chi connectivity index (χ1n) is 7.35. The van der Waals surface area contributed by atoms with Crippen LogP contribution >= 0.6 is 0 Å². The van der Waals surface area contributed by atoms with Crippen LogP contribution < -0.4 is 10.1 Å². The molecule has 0 aliphatic carbocycles. The Morgan fingerprint density at radius 2 is 2.00 bits per heavy atom. The summed E-state index contributed by atoms with van der Waals surface area (Å²) in [6.45, 7) is 3.05. The third kappa shape index (κ3) is 3.51. The maximum absolute atomic E-state index is 12.9. The van der Waals surface area contributed by atoms with Crippen LogP contribution in [0.25, 0.3) is 0 Å². The summed E-state index contributed by atoms with van der Waals surface area (Å²) in [5.74, 6) is -2.25. The van der Waals surface area contributed by atoms with E-state index in [1.54, 1.807) is 6.92 Å². The summed E-state index contributed by atoms with van der Waals surface area (Å²) in [7, 11) is -2.60. The molecule has 2 atom stereocenters. The predicted octanol–water partition coefficient (Wildman–Crippen LogP) is 0.995. The van der Waals surface area contributed by atoms with Gasteiger partial charge in [0.2, 0.25) is 15.9 Å². The molecule has 0 aromatic heterocycles. The number of rotatable bonds is 5. The number of nitrogens with zero attached hydrogens (tertiary/aromatic N) is 1. The van der Waals surface area contributed by atoms with Gasteiger partial charge in [0.1, 0.15) is 10.6 Å². The third-order valence-corrected chi connectivity index (χ3v) is 5.85. The summed E-state index contributed by atoms with van der Waals surface area (Å²) in [6.07, 6.45) is 0. The quantitative estimate of drug-likeness (QED) is 0.814. The third-order valence-electron chi connectivity index (χ3n) is 4.00. The Hall–Kier alpha value is -2.13. The van der Waals surface area contributed by atoms with Gasteiger partial charge < -0.3 is 15.2 Å². The first-order valence-corrected chi connectivity index (χ1v) is 8.79. The lowest BCUT2D eigenvalue weighted by molar-refractivity contribution is -0.142. The highest BCUT2D eigenvalue weighted by molar-refractivity contribution is 7.89. The highest BCUT2D eigenvalue weighted by Crippen LogP contribution is 2.34. The van der Waals surface area contributed by atoms with Crippen molar-refractivity contribution in [3.05, 3.63) is 18.2 Å². The molecule has 0 unspecified atom stereocenters. The number of carboxylic acids is 1. The smallest absolute Gasteiger partial charge is 0.308 e. The van der Waals surface area contributed by atoms with E-state index in [9.17, 15) is 23.1 Å². The Balaban J connectivity index is 2.41. The maximum Gasteiger partial charge on any atom is 0.308 e. The van der Waals surface area contributed by atoms with Crippen LogP contribution in [0.5, 0.6) is 5.75 Å². The van der Waals surface area contributed by atoms with Gasteiger partial charge in [-0.1, -0.05) is 6.92 Å². The minimum absolute atomic E-state index is 0.0909. The molecule has 1 amide bonds. The number of methoxy groups -OCH3 is 1. The van der Waals surface area contributed by atoms with Crippen molar-refractivity contribution in [2.45, 2.75) is 18.7 Å². The lowest BCUT2D eigenvalue weighted by Gasteiger charge is -2.19. The summed E-state index contributed by atoms with van der Waals surface area (Å²) in [4.78, 5) is 22.3. The fourth-order valence-corrected chi connectivity index (χ4v) is 4.49. The summed E-state index contributed by atoms with van der Waals surface area (Å²) in [6, 6.07) is 4.30. The van der Waals surface area contributed by atoms with Crippen LogP contribution in [0.2, 0.25) is 0 Å². The number of hydrogen-bond donors (Lipinski definition) is 2. The van der Waals surface area contributed by atoms with Gasteiger partial charge in [-0.25, -0.2) is 8.42 Å². The molecule has 1 aliphatic rings. The molecule has 0 bridgehead atoms. The SMILES string of the molecule is COc1ccc(NC(C)=O)cc1S(=O)(=O)N1C[C@@H](C)[C@H](C(=O)O)C1. The molecule has 0 saturated carbocycles. The van der Waals surface area contributed by atoms with Gasteiger partial charge in [-0.15, -0.1) is 0 Å². The Morgan fingerprint density at radius 3 is 2.50 bits per heavy atom. The highest BCUT2D eigenvalue weighted by atomic mass is 32.2. The number of aliphatic carboxylic acids is 1. The molecule has 8 nitrogen and oxygen atoms in total.